The van der Waals surface area contributed by atoms with Gasteiger partial charge in [-0.25, -0.2) is 13.3 Å². The molecule has 0 saturated carbocycles. The maximum absolute atomic E-state index is 13.2. The Hall–Kier alpha value is -2.90. The Kier molecular flexibility index (Phi) is 6.05. The fourth-order valence-electron chi connectivity index (χ4n) is 2.64. The van der Waals surface area contributed by atoms with E-state index in [9.17, 15) is 9.00 Å². The van der Waals surface area contributed by atoms with E-state index in [1.807, 2.05) is 30.3 Å². The summed E-state index contributed by atoms with van der Waals surface area (Å²) in [5, 5.41) is 9.03. The van der Waals surface area contributed by atoms with Gasteiger partial charge in [0.25, 0.3) is 0 Å². The number of para-hydroxylation sites is 1. The zero-order chi connectivity index (χ0) is 19.2. The summed E-state index contributed by atoms with van der Waals surface area (Å²) in [6, 6.07) is 17.2. The number of furan rings is 1. The highest BCUT2D eigenvalue weighted by Gasteiger charge is 2.19. The van der Waals surface area contributed by atoms with Crippen molar-refractivity contribution in [3.8, 4) is 5.75 Å². The maximum atomic E-state index is 13.2. The second-order valence-corrected chi connectivity index (χ2v) is 7.25. The molecule has 140 valence electrons. The van der Waals surface area contributed by atoms with Crippen LogP contribution in [0.2, 0.25) is 0 Å². The molecule has 1 N–H and O–H groups in total. The predicted octanol–water partition coefficient (Wildman–Crippen LogP) is 3.71. The maximum Gasteiger partial charge on any atom is 0.335 e. The Balaban J connectivity index is 1.88. The van der Waals surface area contributed by atoms with Crippen LogP contribution < -0.4 is 4.74 Å². The van der Waals surface area contributed by atoms with Gasteiger partial charge in [-0.2, -0.15) is 0 Å². The number of hydrogen-bond donors (Lipinski definition) is 1. The number of methoxy groups -OCH3 is 1. The molecule has 0 spiro atoms. The number of ether oxygens (including phenoxy) is 1. The smallest absolute Gasteiger partial charge is 0.335 e. The predicted molar refractivity (Wildman–Crippen MR) is 101 cm³/mol. The lowest BCUT2D eigenvalue weighted by molar-refractivity contribution is 0.0697. The minimum atomic E-state index is -1.51. The van der Waals surface area contributed by atoms with Crippen LogP contribution in [0.25, 0.3) is 0 Å². The van der Waals surface area contributed by atoms with Crippen molar-refractivity contribution in [2.24, 2.45) is 0 Å². The molecule has 3 aromatic rings. The highest BCUT2D eigenvalue weighted by Crippen LogP contribution is 2.24. The average Bonchev–Trinajstić information content (AvgIpc) is 3.20. The molecule has 1 unspecified atom stereocenters. The summed E-state index contributed by atoms with van der Waals surface area (Å²) in [6.07, 6.45) is 1.57. The van der Waals surface area contributed by atoms with Gasteiger partial charge in [-0.3, -0.25) is 0 Å². The van der Waals surface area contributed by atoms with Crippen LogP contribution >= 0.6 is 0 Å². The molecule has 6 nitrogen and oxygen atoms in total. The molecular weight excluding hydrogens is 366 g/mol. The quantitative estimate of drug-likeness (QED) is 0.639. The van der Waals surface area contributed by atoms with Crippen LogP contribution in [0.15, 0.2) is 76.2 Å². The fourth-order valence-corrected chi connectivity index (χ4v) is 3.80. The first-order valence-corrected chi connectivity index (χ1v) is 9.33. The highest BCUT2D eigenvalue weighted by atomic mass is 32.2. The van der Waals surface area contributed by atoms with E-state index in [1.54, 1.807) is 35.9 Å². The highest BCUT2D eigenvalue weighted by molar-refractivity contribution is 7.82. The Morgan fingerprint density at radius 1 is 1.07 bits per heavy atom. The number of hydrogen-bond acceptors (Lipinski definition) is 4. The van der Waals surface area contributed by atoms with Gasteiger partial charge < -0.3 is 14.3 Å². The zero-order valence-corrected chi connectivity index (χ0v) is 15.5. The molecule has 27 heavy (non-hydrogen) atoms. The number of rotatable bonds is 8. The van der Waals surface area contributed by atoms with Gasteiger partial charge in [-0.05, 0) is 42.5 Å². The Morgan fingerprint density at radius 3 is 2.44 bits per heavy atom. The standard InChI is InChI=1S/C20H19NO5S/c1-25-19-7-3-2-5-16(19)13-21(14-17-6-4-12-26-17)27(24)18-10-8-15(9-11-18)20(22)23/h2-12H,13-14H2,1H3,(H,22,23). The summed E-state index contributed by atoms with van der Waals surface area (Å²) in [6.45, 7) is 0.705. The van der Waals surface area contributed by atoms with Crippen molar-refractivity contribution in [2.45, 2.75) is 18.0 Å². The fraction of sp³-hybridized carbons (Fsp3) is 0.150. The Bertz CT molecular complexity index is 922. The van der Waals surface area contributed by atoms with Crippen LogP contribution in [0, 0.1) is 0 Å². The minimum Gasteiger partial charge on any atom is -0.496 e. The number of carboxylic acid groups (broad SMARTS) is 1. The first-order chi connectivity index (χ1) is 13.1. The summed E-state index contributed by atoms with van der Waals surface area (Å²) >= 11 is 0. The lowest BCUT2D eigenvalue weighted by Crippen LogP contribution is -2.25. The van der Waals surface area contributed by atoms with Crippen molar-refractivity contribution >= 4 is 17.0 Å². The van der Waals surface area contributed by atoms with Crippen LogP contribution in [-0.2, 0) is 24.1 Å². The van der Waals surface area contributed by atoms with Crippen LogP contribution in [-0.4, -0.2) is 26.7 Å². The van der Waals surface area contributed by atoms with Crippen LogP contribution in [0.5, 0.6) is 5.75 Å². The molecule has 0 bridgehead atoms. The number of carboxylic acids is 1. The third kappa shape index (κ3) is 4.64. The van der Waals surface area contributed by atoms with Gasteiger partial charge in [-0.1, -0.05) is 18.2 Å². The van der Waals surface area contributed by atoms with Gasteiger partial charge >= 0.3 is 5.97 Å². The van der Waals surface area contributed by atoms with Gasteiger partial charge in [0.05, 0.1) is 30.4 Å². The molecule has 7 heteroatoms. The summed E-state index contributed by atoms with van der Waals surface area (Å²) < 4.78 is 25.7. The second-order valence-electron chi connectivity index (χ2n) is 5.77. The summed E-state index contributed by atoms with van der Waals surface area (Å²) in [4.78, 5) is 11.5. The molecule has 0 amide bonds. The third-order valence-corrected chi connectivity index (χ3v) is 5.39. The van der Waals surface area contributed by atoms with Crippen molar-refractivity contribution in [3.63, 3.8) is 0 Å². The molecule has 0 saturated heterocycles. The Labute approximate surface area is 159 Å². The first kappa shape index (κ1) is 18.9. The molecule has 0 aliphatic rings. The van der Waals surface area contributed by atoms with E-state index in [0.717, 1.165) is 5.56 Å². The molecule has 3 rings (SSSR count). The molecule has 1 heterocycles. The number of aromatic carboxylic acids is 1. The molecule has 2 aromatic carbocycles. The monoisotopic (exact) mass is 385 g/mol. The lowest BCUT2D eigenvalue weighted by Gasteiger charge is -2.21. The molecule has 1 aromatic heterocycles. The Morgan fingerprint density at radius 2 is 1.81 bits per heavy atom. The van der Waals surface area contributed by atoms with E-state index >= 15 is 0 Å². The van der Waals surface area contributed by atoms with Gasteiger partial charge in [0.2, 0.25) is 0 Å². The van der Waals surface area contributed by atoms with Gasteiger partial charge in [-0.15, -0.1) is 0 Å². The van der Waals surface area contributed by atoms with Gasteiger partial charge in [0.15, 0.2) is 0 Å². The van der Waals surface area contributed by atoms with Crippen molar-refractivity contribution < 1.29 is 23.3 Å². The molecule has 0 aliphatic heterocycles. The minimum absolute atomic E-state index is 0.151. The van der Waals surface area contributed by atoms with Crippen molar-refractivity contribution in [1.82, 2.24) is 4.31 Å². The zero-order valence-electron chi connectivity index (χ0n) is 14.7. The van der Waals surface area contributed by atoms with Gasteiger partial charge in [0, 0.05) is 12.1 Å². The van der Waals surface area contributed by atoms with E-state index in [-0.39, 0.29) is 5.56 Å². The average molecular weight is 385 g/mol. The summed E-state index contributed by atoms with van der Waals surface area (Å²) in [7, 11) is 0.0813. The van der Waals surface area contributed by atoms with Crippen LogP contribution in [0.4, 0.5) is 0 Å². The van der Waals surface area contributed by atoms with Crippen molar-refractivity contribution in [3.05, 3.63) is 83.8 Å². The van der Waals surface area contributed by atoms with Crippen LogP contribution in [0.1, 0.15) is 21.7 Å². The second kappa shape index (κ2) is 8.66. The topological polar surface area (TPSA) is 80.0 Å². The first-order valence-electron chi connectivity index (χ1n) is 8.23. The van der Waals surface area contributed by atoms with E-state index in [2.05, 4.69) is 0 Å². The van der Waals surface area contributed by atoms with Crippen molar-refractivity contribution in [1.29, 1.82) is 0 Å². The normalized spacial score (nSPS) is 12.1. The lowest BCUT2D eigenvalue weighted by atomic mass is 10.2. The van der Waals surface area contributed by atoms with E-state index in [0.29, 0.717) is 29.5 Å². The van der Waals surface area contributed by atoms with E-state index in [4.69, 9.17) is 14.3 Å². The van der Waals surface area contributed by atoms with E-state index < -0.39 is 17.0 Å². The van der Waals surface area contributed by atoms with Gasteiger partial charge in [0.1, 0.15) is 22.5 Å². The number of nitrogens with zero attached hydrogens (tertiary/aromatic N) is 1. The summed E-state index contributed by atoms with van der Waals surface area (Å²) in [5.74, 6) is 0.370. The van der Waals surface area contributed by atoms with Crippen molar-refractivity contribution in [2.75, 3.05) is 7.11 Å². The van der Waals surface area contributed by atoms with Crippen LogP contribution in [0.3, 0.4) is 0 Å². The molecule has 0 aliphatic carbocycles. The summed E-state index contributed by atoms with van der Waals surface area (Å²) in [5.41, 5.74) is 1.04. The number of carbonyl (C=O) groups is 1. The third-order valence-electron chi connectivity index (χ3n) is 3.99. The number of benzene rings is 2. The van der Waals surface area contributed by atoms with E-state index in [1.165, 1.54) is 12.1 Å². The molecule has 0 radical (unpaired) electrons. The SMILES string of the molecule is COc1ccccc1CN(Cc1ccco1)S(=O)c1ccc(C(=O)O)cc1. The molecule has 1 atom stereocenters. The molecule has 0 fully saturated rings. The molecular formula is C20H19NO5S. The largest absolute Gasteiger partial charge is 0.496 e.